The molecule has 3 aromatic rings. The van der Waals surface area contributed by atoms with Crippen molar-refractivity contribution in [2.24, 2.45) is 0 Å². The molecule has 0 aromatic carbocycles. The summed E-state index contributed by atoms with van der Waals surface area (Å²) in [6.07, 6.45) is 4.81. The first kappa shape index (κ1) is 19.8. The van der Waals surface area contributed by atoms with E-state index in [0.29, 0.717) is 48.4 Å². The third-order valence-electron chi connectivity index (χ3n) is 3.91. The highest BCUT2D eigenvalue weighted by Crippen LogP contribution is 2.16. The number of pyridine rings is 1. The van der Waals surface area contributed by atoms with Crippen LogP contribution < -0.4 is 10.6 Å². The van der Waals surface area contributed by atoms with Crippen molar-refractivity contribution < 1.29 is 9.32 Å². The summed E-state index contributed by atoms with van der Waals surface area (Å²) in [5.41, 5.74) is 1.02. The number of hydrogen-bond acceptors (Lipinski definition) is 7. The monoisotopic (exact) mass is 403 g/mol. The van der Waals surface area contributed by atoms with Crippen LogP contribution >= 0.6 is 11.6 Å². The largest absolute Gasteiger partial charge is 0.368 e. The number of nitrogens with one attached hydrogen (secondary N) is 3. The van der Waals surface area contributed by atoms with Gasteiger partial charge in [-0.15, -0.1) is 0 Å². The molecule has 3 aromatic heterocycles. The first-order valence-corrected chi connectivity index (χ1v) is 9.56. The van der Waals surface area contributed by atoms with Crippen LogP contribution in [-0.4, -0.2) is 44.1 Å². The molecule has 148 valence electrons. The molecule has 9 nitrogen and oxygen atoms in total. The molecule has 3 N–H and O–H groups in total. The molecule has 3 heterocycles. The molecule has 10 heteroatoms. The molecule has 0 aliphatic rings. The Morgan fingerprint density at radius 3 is 2.93 bits per heavy atom. The van der Waals surface area contributed by atoms with Gasteiger partial charge in [0.2, 0.25) is 17.0 Å². The molecule has 0 unspecified atom stereocenters. The smallest absolute Gasteiger partial charge is 0.271 e. The van der Waals surface area contributed by atoms with Crippen molar-refractivity contribution in [2.75, 3.05) is 18.4 Å². The molecule has 0 atom stereocenters. The summed E-state index contributed by atoms with van der Waals surface area (Å²) in [6, 6.07) is 5.53. The van der Waals surface area contributed by atoms with E-state index in [1.54, 1.807) is 6.20 Å². The van der Waals surface area contributed by atoms with Crippen LogP contribution in [0.5, 0.6) is 0 Å². The van der Waals surface area contributed by atoms with Crippen LogP contribution in [0.4, 0.5) is 5.82 Å². The first-order chi connectivity index (χ1) is 13.7. The van der Waals surface area contributed by atoms with Crippen LogP contribution in [0, 0.1) is 0 Å². The molecular weight excluding hydrogens is 382 g/mol. The third kappa shape index (κ3) is 5.29. The number of imidazole rings is 1. The van der Waals surface area contributed by atoms with Gasteiger partial charge < -0.3 is 20.1 Å². The third-order valence-corrected chi connectivity index (χ3v) is 4.09. The molecule has 0 bridgehead atoms. The zero-order valence-electron chi connectivity index (χ0n) is 15.5. The summed E-state index contributed by atoms with van der Waals surface area (Å²) in [5, 5.41) is 10.1. The van der Waals surface area contributed by atoms with Crippen LogP contribution in [0.1, 0.15) is 42.6 Å². The Labute approximate surface area is 167 Å². The second-order valence-corrected chi connectivity index (χ2v) is 6.48. The van der Waals surface area contributed by atoms with E-state index in [2.05, 4.69) is 35.7 Å². The zero-order valence-corrected chi connectivity index (χ0v) is 16.3. The van der Waals surface area contributed by atoms with Crippen LogP contribution in [0.3, 0.4) is 0 Å². The van der Waals surface area contributed by atoms with Crippen molar-refractivity contribution in [3.05, 3.63) is 41.3 Å². The molecule has 3 rings (SSSR count). The number of aryl methyl sites for hydroxylation is 1. The number of H-pyrrole nitrogens is 1. The van der Waals surface area contributed by atoms with Gasteiger partial charge in [0.1, 0.15) is 11.4 Å². The molecule has 0 radical (unpaired) electrons. The number of carbonyl (C=O) groups excluding carboxylic acids is 1. The summed E-state index contributed by atoms with van der Waals surface area (Å²) in [4.78, 5) is 27.7. The van der Waals surface area contributed by atoms with Crippen LogP contribution in [0.2, 0.25) is 5.28 Å². The lowest BCUT2D eigenvalue weighted by molar-refractivity contribution is 0.0949. The summed E-state index contributed by atoms with van der Waals surface area (Å²) in [5.74, 6) is 1.26. The highest BCUT2D eigenvalue weighted by Gasteiger charge is 2.16. The van der Waals surface area contributed by atoms with E-state index in [0.717, 1.165) is 19.3 Å². The minimum absolute atomic E-state index is 0.184. The van der Waals surface area contributed by atoms with E-state index in [4.69, 9.17) is 16.1 Å². The SMILES string of the molecule is CCCNc1nc(Cl)[nH]c1C(=O)NCCCCc1nc(-c2ccccn2)no1. The molecule has 0 spiro atoms. The number of unbranched alkanes of at least 4 members (excludes halogenated alkanes) is 1. The fourth-order valence-corrected chi connectivity index (χ4v) is 2.71. The lowest BCUT2D eigenvalue weighted by Crippen LogP contribution is -2.26. The average molecular weight is 404 g/mol. The van der Waals surface area contributed by atoms with Crippen molar-refractivity contribution in [3.8, 4) is 11.5 Å². The van der Waals surface area contributed by atoms with Crippen LogP contribution in [-0.2, 0) is 6.42 Å². The van der Waals surface area contributed by atoms with Gasteiger partial charge in [-0.05, 0) is 43.0 Å². The summed E-state index contributed by atoms with van der Waals surface area (Å²) in [7, 11) is 0. The molecule has 0 saturated heterocycles. The van der Waals surface area contributed by atoms with Crippen molar-refractivity contribution >= 4 is 23.3 Å². The number of amides is 1. The zero-order chi connectivity index (χ0) is 19.8. The van der Waals surface area contributed by atoms with E-state index in [9.17, 15) is 4.79 Å². The fraction of sp³-hybridized carbons (Fsp3) is 0.389. The minimum atomic E-state index is -0.242. The minimum Gasteiger partial charge on any atom is -0.368 e. The van der Waals surface area contributed by atoms with E-state index < -0.39 is 0 Å². The van der Waals surface area contributed by atoms with E-state index in [1.807, 2.05) is 25.1 Å². The molecule has 0 aliphatic heterocycles. The second-order valence-electron chi connectivity index (χ2n) is 6.12. The first-order valence-electron chi connectivity index (χ1n) is 9.19. The maximum absolute atomic E-state index is 12.3. The molecule has 28 heavy (non-hydrogen) atoms. The Kier molecular flexibility index (Phi) is 6.96. The van der Waals surface area contributed by atoms with Crippen LogP contribution in [0.15, 0.2) is 28.9 Å². The summed E-state index contributed by atoms with van der Waals surface area (Å²) < 4.78 is 5.25. The number of rotatable bonds is 10. The highest BCUT2D eigenvalue weighted by molar-refractivity contribution is 6.28. The van der Waals surface area contributed by atoms with Gasteiger partial charge in [-0.1, -0.05) is 18.1 Å². The number of anilines is 1. The number of carbonyl (C=O) groups is 1. The quantitative estimate of drug-likeness (QED) is 0.444. The van der Waals surface area contributed by atoms with Crippen molar-refractivity contribution in [1.82, 2.24) is 30.4 Å². The van der Waals surface area contributed by atoms with E-state index in [-0.39, 0.29) is 11.2 Å². The Balaban J connectivity index is 1.42. The fourth-order valence-electron chi connectivity index (χ4n) is 2.53. The number of aromatic amines is 1. The number of aromatic nitrogens is 5. The maximum Gasteiger partial charge on any atom is 0.271 e. The topological polar surface area (TPSA) is 122 Å². The van der Waals surface area contributed by atoms with E-state index >= 15 is 0 Å². The van der Waals surface area contributed by atoms with Gasteiger partial charge in [0.15, 0.2) is 5.82 Å². The molecule has 0 aliphatic carbocycles. The van der Waals surface area contributed by atoms with Gasteiger partial charge in [0.25, 0.3) is 5.91 Å². The predicted molar refractivity (Wildman–Crippen MR) is 105 cm³/mol. The number of hydrogen-bond donors (Lipinski definition) is 3. The van der Waals surface area contributed by atoms with Crippen LogP contribution in [0.25, 0.3) is 11.5 Å². The number of halogens is 1. The van der Waals surface area contributed by atoms with Gasteiger partial charge >= 0.3 is 0 Å². The van der Waals surface area contributed by atoms with Crippen molar-refractivity contribution in [2.45, 2.75) is 32.6 Å². The van der Waals surface area contributed by atoms with Gasteiger partial charge in [-0.25, -0.2) is 4.98 Å². The molecular formula is C18H22ClN7O2. The normalized spacial score (nSPS) is 10.8. The Hall–Kier alpha value is -2.94. The number of nitrogens with zero attached hydrogens (tertiary/aromatic N) is 4. The lowest BCUT2D eigenvalue weighted by Gasteiger charge is -2.06. The maximum atomic E-state index is 12.3. The van der Waals surface area contributed by atoms with Gasteiger partial charge in [-0.2, -0.15) is 4.98 Å². The van der Waals surface area contributed by atoms with Gasteiger partial charge in [-0.3, -0.25) is 9.78 Å². The second kappa shape index (κ2) is 9.84. The molecule has 0 saturated carbocycles. The predicted octanol–water partition coefficient (Wildman–Crippen LogP) is 3.08. The standard InChI is InChI=1S/C18H22ClN7O2/c1-2-9-21-16-14(24-18(19)25-16)17(27)22-11-6-4-8-13-23-15(26-28-13)12-7-3-5-10-20-12/h3,5,7,10,21H,2,4,6,8-9,11H2,1H3,(H,22,27)(H,24,25). The Morgan fingerprint density at radius 1 is 1.25 bits per heavy atom. The van der Waals surface area contributed by atoms with E-state index in [1.165, 1.54) is 0 Å². The van der Waals surface area contributed by atoms with Crippen molar-refractivity contribution in [1.29, 1.82) is 0 Å². The lowest BCUT2D eigenvalue weighted by atomic mass is 10.2. The molecule has 1 amide bonds. The average Bonchev–Trinajstić information content (AvgIpc) is 3.33. The molecule has 0 fully saturated rings. The van der Waals surface area contributed by atoms with Gasteiger partial charge in [0.05, 0.1) is 0 Å². The Morgan fingerprint density at radius 2 is 2.14 bits per heavy atom. The van der Waals surface area contributed by atoms with Gasteiger partial charge in [0, 0.05) is 25.7 Å². The highest BCUT2D eigenvalue weighted by atomic mass is 35.5. The summed E-state index contributed by atoms with van der Waals surface area (Å²) >= 11 is 5.87. The summed E-state index contributed by atoms with van der Waals surface area (Å²) in [6.45, 7) is 3.26. The van der Waals surface area contributed by atoms with Crippen molar-refractivity contribution in [3.63, 3.8) is 0 Å². The Bertz CT molecular complexity index is 894.